The number of ether oxygens (including phenoxy) is 1. The van der Waals surface area contributed by atoms with Gasteiger partial charge in [0.15, 0.2) is 6.61 Å². The summed E-state index contributed by atoms with van der Waals surface area (Å²) in [6.07, 6.45) is 1.60. The van der Waals surface area contributed by atoms with E-state index in [1.807, 2.05) is 6.92 Å². The van der Waals surface area contributed by atoms with Crippen molar-refractivity contribution in [3.05, 3.63) is 58.2 Å². The van der Waals surface area contributed by atoms with E-state index in [9.17, 15) is 13.2 Å². The lowest BCUT2D eigenvalue weighted by atomic mass is 10.2. The molecule has 1 aromatic heterocycles. The minimum atomic E-state index is -3.99. The number of aromatic nitrogens is 2. The lowest BCUT2D eigenvalue weighted by Gasteiger charge is -2.14. The number of nitrogens with one attached hydrogen (secondary N) is 2. The largest absolute Gasteiger partial charge is 0.482 e. The summed E-state index contributed by atoms with van der Waals surface area (Å²) >= 11 is 12.2. The highest BCUT2D eigenvalue weighted by Crippen LogP contribution is 2.30. The molecule has 180 valence electrons. The first-order chi connectivity index (χ1) is 15.9. The van der Waals surface area contributed by atoms with Crippen molar-refractivity contribution in [3.63, 3.8) is 0 Å². The van der Waals surface area contributed by atoms with Crippen molar-refractivity contribution in [1.29, 1.82) is 0 Å². The van der Waals surface area contributed by atoms with E-state index >= 15 is 0 Å². The Hall–Kier alpha value is -3.12. The molecule has 1 amide bonds. The molecule has 34 heavy (non-hydrogen) atoms. The second kappa shape index (κ2) is 10.4. The third-order valence-corrected chi connectivity index (χ3v) is 6.20. The summed E-state index contributed by atoms with van der Waals surface area (Å²) in [6.45, 7) is 1.69. The number of amides is 1. The predicted octanol–water partition coefficient (Wildman–Crippen LogP) is 3.69. The van der Waals surface area contributed by atoms with Gasteiger partial charge in [0.2, 0.25) is 16.0 Å². The first-order valence-corrected chi connectivity index (χ1v) is 12.1. The van der Waals surface area contributed by atoms with Gasteiger partial charge in [-0.15, -0.1) is 0 Å². The van der Waals surface area contributed by atoms with Crippen LogP contribution in [0.2, 0.25) is 10.0 Å². The molecular formula is C21H22Cl2N6O4S. The van der Waals surface area contributed by atoms with Gasteiger partial charge in [0.05, 0.1) is 10.0 Å². The molecule has 0 spiro atoms. The number of aryl methyl sites for hydroxylation is 1. The molecule has 0 radical (unpaired) electrons. The average molecular weight is 525 g/mol. The molecule has 3 aromatic rings. The summed E-state index contributed by atoms with van der Waals surface area (Å²) in [7, 11) is -0.717. The second-order valence-corrected chi connectivity index (χ2v) is 9.73. The zero-order valence-corrected chi connectivity index (χ0v) is 20.8. The van der Waals surface area contributed by atoms with E-state index in [0.717, 1.165) is 5.56 Å². The van der Waals surface area contributed by atoms with Crippen molar-refractivity contribution in [2.75, 3.05) is 31.3 Å². The van der Waals surface area contributed by atoms with Gasteiger partial charge in [0, 0.05) is 37.2 Å². The number of primary sulfonamides is 1. The number of halogens is 2. The minimum absolute atomic E-state index is 0.00983. The molecule has 0 saturated carbocycles. The highest BCUT2D eigenvalue weighted by Gasteiger charge is 2.15. The number of hydrogen-bond acceptors (Lipinski definition) is 8. The molecule has 0 aliphatic heterocycles. The fourth-order valence-electron chi connectivity index (χ4n) is 2.66. The summed E-state index contributed by atoms with van der Waals surface area (Å²) in [4.78, 5) is 21.6. The van der Waals surface area contributed by atoms with Crippen LogP contribution >= 0.6 is 23.2 Å². The van der Waals surface area contributed by atoms with Crippen LogP contribution in [-0.2, 0) is 14.8 Å². The van der Waals surface area contributed by atoms with E-state index < -0.39 is 10.0 Å². The number of anilines is 4. The monoisotopic (exact) mass is 524 g/mol. The number of benzene rings is 2. The fourth-order valence-corrected chi connectivity index (χ4v) is 3.96. The van der Waals surface area contributed by atoms with E-state index in [0.29, 0.717) is 28.0 Å². The lowest BCUT2D eigenvalue weighted by Crippen LogP contribution is -2.27. The predicted molar refractivity (Wildman–Crippen MR) is 132 cm³/mol. The third-order valence-electron chi connectivity index (χ3n) is 4.51. The molecule has 3 rings (SSSR count). The maximum atomic E-state index is 11.7. The average Bonchev–Trinajstić information content (AvgIpc) is 2.75. The zero-order chi connectivity index (χ0) is 25.0. The molecule has 0 atom stereocenters. The number of carbonyl (C=O) groups is 1. The number of nitrogens with zero attached hydrogens (tertiary/aromatic N) is 3. The molecule has 10 nitrogen and oxygen atoms in total. The van der Waals surface area contributed by atoms with E-state index in [-0.39, 0.29) is 28.4 Å². The molecule has 0 fully saturated rings. The van der Waals surface area contributed by atoms with Crippen molar-refractivity contribution in [2.45, 2.75) is 11.8 Å². The standard InChI is InChI=1S/C21H22Cl2N6O4S/c1-12-10-25-21(27-14-4-6-15(22)18(9-14)34(24,31)32)28-20(12)26-13-5-7-17(16(23)8-13)33-11-19(30)29(2)3/h4-10H,11H2,1-3H3,(H2,24,31,32)(H2,25,26,27,28). The summed E-state index contributed by atoms with van der Waals surface area (Å²) in [5.41, 5.74) is 1.77. The van der Waals surface area contributed by atoms with Gasteiger partial charge in [-0.3, -0.25) is 4.79 Å². The molecule has 0 aliphatic carbocycles. The molecular weight excluding hydrogens is 503 g/mol. The van der Waals surface area contributed by atoms with Crippen LogP contribution in [0.15, 0.2) is 47.5 Å². The minimum Gasteiger partial charge on any atom is -0.482 e. The lowest BCUT2D eigenvalue weighted by molar-refractivity contribution is -0.130. The maximum absolute atomic E-state index is 11.7. The van der Waals surface area contributed by atoms with Gasteiger partial charge < -0.3 is 20.3 Å². The SMILES string of the molecule is Cc1cnc(Nc2ccc(Cl)c(S(N)(=O)=O)c2)nc1Nc1ccc(OCC(=O)N(C)C)c(Cl)c1. The molecule has 0 saturated heterocycles. The Labute approximate surface area is 207 Å². The normalized spacial score (nSPS) is 11.1. The number of rotatable bonds is 8. The number of nitrogens with two attached hydrogens (primary N) is 1. The molecule has 0 unspecified atom stereocenters. The number of carbonyl (C=O) groups excluding carboxylic acids is 1. The van der Waals surface area contributed by atoms with Crippen LogP contribution in [0, 0.1) is 6.92 Å². The Morgan fingerprint density at radius 1 is 1.09 bits per heavy atom. The Bertz CT molecular complexity index is 1330. The summed E-state index contributed by atoms with van der Waals surface area (Å²) in [5.74, 6) is 0.888. The Kier molecular flexibility index (Phi) is 7.82. The maximum Gasteiger partial charge on any atom is 0.259 e. The van der Waals surface area contributed by atoms with E-state index in [4.69, 9.17) is 33.1 Å². The smallest absolute Gasteiger partial charge is 0.259 e. The van der Waals surface area contributed by atoms with Crippen molar-refractivity contribution in [2.24, 2.45) is 5.14 Å². The van der Waals surface area contributed by atoms with Crippen LogP contribution in [0.5, 0.6) is 5.75 Å². The third kappa shape index (κ3) is 6.48. The topological polar surface area (TPSA) is 140 Å². The first-order valence-electron chi connectivity index (χ1n) is 9.76. The van der Waals surface area contributed by atoms with Gasteiger partial charge in [-0.2, -0.15) is 4.98 Å². The van der Waals surface area contributed by atoms with Crippen LogP contribution < -0.4 is 20.5 Å². The highest BCUT2D eigenvalue weighted by molar-refractivity contribution is 7.89. The van der Waals surface area contributed by atoms with E-state index in [1.165, 1.54) is 17.0 Å². The van der Waals surface area contributed by atoms with Crippen LogP contribution in [0.25, 0.3) is 0 Å². The summed E-state index contributed by atoms with van der Waals surface area (Å²) in [5, 5.41) is 11.6. The van der Waals surface area contributed by atoms with Crippen molar-refractivity contribution in [1.82, 2.24) is 14.9 Å². The van der Waals surface area contributed by atoms with Crippen LogP contribution in [0.3, 0.4) is 0 Å². The van der Waals surface area contributed by atoms with E-state index in [1.54, 1.807) is 44.6 Å². The van der Waals surface area contributed by atoms with Crippen LogP contribution in [-0.4, -0.2) is 49.9 Å². The van der Waals surface area contributed by atoms with Crippen LogP contribution in [0.4, 0.5) is 23.1 Å². The Balaban J connectivity index is 1.77. The molecule has 4 N–H and O–H groups in total. The quantitative estimate of drug-likeness (QED) is 0.405. The molecule has 13 heteroatoms. The molecule has 2 aromatic carbocycles. The van der Waals surface area contributed by atoms with Gasteiger partial charge in [-0.25, -0.2) is 18.5 Å². The molecule has 0 aliphatic rings. The Morgan fingerprint density at radius 3 is 2.41 bits per heavy atom. The van der Waals surface area contributed by atoms with Gasteiger partial charge >= 0.3 is 0 Å². The number of sulfonamides is 1. The van der Waals surface area contributed by atoms with E-state index in [2.05, 4.69) is 20.6 Å². The second-order valence-electron chi connectivity index (χ2n) is 7.39. The first kappa shape index (κ1) is 25.5. The van der Waals surface area contributed by atoms with Crippen molar-refractivity contribution < 1.29 is 17.9 Å². The van der Waals surface area contributed by atoms with Crippen molar-refractivity contribution in [3.8, 4) is 5.75 Å². The molecule has 1 heterocycles. The van der Waals surface area contributed by atoms with Gasteiger partial charge in [-0.05, 0) is 43.3 Å². The number of hydrogen-bond donors (Lipinski definition) is 3. The Morgan fingerprint density at radius 2 is 1.76 bits per heavy atom. The summed E-state index contributed by atoms with van der Waals surface area (Å²) in [6, 6.07) is 9.30. The number of likely N-dealkylation sites (N-methyl/N-ethyl adjacent to an activating group) is 1. The summed E-state index contributed by atoms with van der Waals surface area (Å²) < 4.78 is 28.9. The van der Waals surface area contributed by atoms with Crippen molar-refractivity contribution >= 4 is 62.3 Å². The van der Waals surface area contributed by atoms with Crippen LogP contribution in [0.1, 0.15) is 5.56 Å². The zero-order valence-electron chi connectivity index (χ0n) is 18.5. The van der Waals surface area contributed by atoms with Gasteiger partial charge in [0.25, 0.3) is 5.91 Å². The van der Waals surface area contributed by atoms with Gasteiger partial charge in [-0.1, -0.05) is 23.2 Å². The highest BCUT2D eigenvalue weighted by atomic mass is 35.5. The fraction of sp³-hybridized carbons (Fsp3) is 0.190. The van der Waals surface area contributed by atoms with Gasteiger partial charge in [0.1, 0.15) is 16.5 Å². The molecule has 0 bridgehead atoms.